The molecule has 1 heterocycles. The molecule has 1 unspecified atom stereocenters. The predicted molar refractivity (Wildman–Crippen MR) is 114 cm³/mol. The van der Waals surface area contributed by atoms with E-state index in [2.05, 4.69) is 5.32 Å². The summed E-state index contributed by atoms with van der Waals surface area (Å²) >= 11 is 5.88. The van der Waals surface area contributed by atoms with Crippen molar-refractivity contribution in [2.45, 2.75) is 44.0 Å². The topological polar surface area (TPSA) is 83.6 Å². The summed E-state index contributed by atoms with van der Waals surface area (Å²) in [5.74, 6) is -0.680. The fraction of sp³-hybridized carbons (Fsp3) is 0.333. The summed E-state index contributed by atoms with van der Waals surface area (Å²) < 4.78 is 25.4. The van der Waals surface area contributed by atoms with Gasteiger partial charge in [-0.15, -0.1) is 0 Å². The van der Waals surface area contributed by atoms with Crippen LogP contribution in [-0.2, 0) is 25.8 Å². The Morgan fingerprint density at radius 2 is 1.97 bits per heavy atom. The number of sulfone groups is 1. The molecule has 154 valence electrons. The van der Waals surface area contributed by atoms with Gasteiger partial charge in [0.15, 0.2) is 9.84 Å². The quantitative estimate of drug-likeness (QED) is 0.748. The molecule has 2 aromatic rings. The highest BCUT2D eigenvalue weighted by Crippen LogP contribution is 2.34. The number of rotatable bonds is 6. The summed E-state index contributed by atoms with van der Waals surface area (Å²) in [6.07, 6.45) is 0.841. The highest BCUT2D eigenvalue weighted by atomic mass is 35.5. The molecule has 0 bridgehead atoms. The molecule has 0 aliphatic carbocycles. The van der Waals surface area contributed by atoms with Crippen LogP contribution >= 0.6 is 11.6 Å². The standard InChI is InChI=1S/C21H23ClN2O4S/c1-3-21(26)24-14(2)11-15-12-18(7-8-19(15)24)29(27,28)10-9-20(25)23-17-6-4-5-16(22)13-17/h4-8,12-14H,3,9-11H2,1-2H3,(H,23,25). The largest absolute Gasteiger partial charge is 0.326 e. The molecule has 0 aromatic heterocycles. The molecule has 0 saturated heterocycles. The zero-order valence-corrected chi connectivity index (χ0v) is 17.9. The average molecular weight is 435 g/mol. The van der Waals surface area contributed by atoms with E-state index in [-0.39, 0.29) is 29.0 Å². The molecular weight excluding hydrogens is 412 g/mol. The number of fused-ring (bicyclic) bond motifs is 1. The minimum atomic E-state index is -3.63. The van der Waals surface area contributed by atoms with Crippen molar-refractivity contribution in [2.75, 3.05) is 16.0 Å². The van der Waals surface area contributed by atoms with E-state index in [1.807, 2.05) is 6.92 Å². The van der Waals surface area contributed by atoms with Gasteiger partial charge in [0.2, 0.25) is 11.8 Å². The minimum Gasteiger partial charge on any atom is -0.326 e. The normalized spacial score (nSPS) is 15.8. The third kappa shape index (κ3) is 4.79. The van der Waals surface area contributed by atoms with E-state index in [0.717, 1.165) is 11.3 Å². The van der Waals surface area contributed by atoms with Gasteiger partial charge < -0.3 is 10.2 Å². The SMILES string of the molecule is CCC(=O)N1c2ccc(S(=O)(=O)CCC(=O)Nc3cccc(Cl)c3)cc2CC1C. The molecule has 3 rings (SSSR count). The number of carbonyl (C=O) groups excluding carboxylic acids is 2. The minimum absolute atomic E-state index is 0.00104. The van der Waals surface area contributed by atoms with Gasteiger partial charge in [-0.2, -0.15) is 0 Å². The third-order valence-electron chi connectivity index (χ3n) is 4.90. The van der Waals surface area contributed by atoms with E-state index in [9.17, 15) is 18.0 Å². The lowest BCUT2D eigenvalue weighted by Crippen LogP contribution is -2.35. The molecule has 2 aromatic carbocycles. The van der Waals surface area contributed by atoms with Crippen molar-refractivity contribution >= 4 is 44.6 Å². The van der Waals surface area contributed by atoms with Gasteiger partial charge in [0.1, 0.15) is 0 Å². The van der Waals surface area contributed by atoms with Gasteiger partial charge in [0.25, 0.3) is 0 Å². The molecule has 2 amide bonds. The number of hydrogen-bond acceptors (Lipinski definition) is 4. The van der Waals surface area contributed by atoms with Crippen molar-refractivity contribution in [3.63, 3.8) is 0 Å². The van der Waals surface area contributed by atoms with Gasteiger partial charge in [-0.3, -0.25) is 9.59 Å². The number of hydrogen-bond donors (Lipinski definition) is 1. The molecule has 1 N–H and O–H groups in total. The molecule has 0 saturated carbocycles. The number of halogens is 1. The molecule has 1 aliphatic heterocycles. The average Bonchev–Trinajstić information content (AvgIpc) is 3.01. The smallest absolute Gasteiger partial charge is 0.226 e. The van der Waals surface area contributed by atoms with E-state index in [1.165, 1.54) is 6.07 Å². The van der Waals surface area contributed by atoms with E-state index in [0.29, 0.717) is 23.6 Å². The number of carbonyl (C=O) groups is 2. The lowest BCUT2D eigenvalue weighted by molar-refractivity contribution is -0.118. The van der Waals surface area contributed by atoms with Crippen LogP contribution in [-0.4, -0.2) is 32.0 Å². The number of amides is 2. The fourth-order valence-corrected chi connectivity index (χ4v) is 4.96. The summed E-state index contributed by atoms with van der Waals surface area (Å²) in [5.41, 5.74) is 2.12. The van der Waals surface area contributed by atoms with E-state index < -0.39 is 15.7 Å². The Morgan fingerprint density at radius 1 is 1.21 bits per heavy atom. The molecule has 1 atom stereocenters. The maximum atomic E-state index is 12.7. The van der Waals surface area contributed by atoms with Crippen molar-refractivity contribution in [3.05, 3.63) is 53.1 Å². The van der Waals surface area contributed by atoms with Crippen LogP contribution in [0, 0.1) is 0 Å². The predicted octanol–water partition coefficient (Wildman–Crippen LogP) is 3.83. The Morgan fingerprint density at radius 3 is 2.66 bits per heavy atom. The molecule has 8 heteroatoms. The number of benzene rings is 2. The number of anilines is 2. The first-order valence-corrected chi connectivity index (χ1v) is 11.5. The van der Waals surface area contributed by atoms with Gasteiger partial charge >= 0.3 is 0 Å². The van der Waals surface area contributed by atoms with Crippen LogP contribution < -0.4 is 10.2 Å². The first-order chi connectivity index (χ1) is 13.7. The van der Waals surface area contributed by atoms with Crippen LogP contribution in [0.25, 0.3) is 0 Å². The third-order valence-corrected chi connectivity index (χ3v) is 6.85. The van der Waals surface area contributed by atoms with E-state index >= 15 is 0 Å². The molecule has 0 fully saturated rings. The van der Waals surface area contributed by atoms with Gasteiger partial charge in [-0.25, -0.2) is 8.42 Å². The first-order valence-electron chi connectivity index (χ1n) is 9.44. The molecule has 0 radical (unpaired) electrons. The van der Waals surface area contributed by atoms with E-state index in [4.69, 9.17) is 11.6 Å². The van der Waals surface area contributed by atoms with Crippen molar-refractivity contribution in [3.8, 4) is 0 Å². The summed E-state index contributed by atoms with van der Waals surface area (Å²) in [6.45, 7) is 3.75. The fourth-order valence-electron chi connectivity index (χ4n) is 3.49. The number of nitrogens with zero attached hydrogens (tertiary/aromatic N) is 1. The van der Waals surface area contributed by atoms with Gasteiger partial charge in [-0.1, -0.05) is 24.6 Å². The monoisotopic (exact) mass is 434 g/mol. The lowest BCUT2D eigenvalue weighted by Gasteiger charge is -2.22. The molecule has 1 aliphatic rings. The summed E-state index contributed by atoms with van der Waals surface area (Å²) in [7, 11) is -3.63. The lowest BCUT2D eigenvalue weighted by atomic mass is 10.1. The van der Waals surface area contributed by atoms with Crippen LogP contribution in [0.2, 0.25) is 5.02 Å². The Balaban J connectivity index is 1.70. The Labute approximate surface area is 175 Å². The second-order valence-electron chi connectivity index (χ2n) is 7.09. The highest BCUT2D eigenvalue weighted by molar-refractivity contribution is 7.91. The maximum Gasteiger partial charge on any atom is 0.226 e. The van der Waals surface area contributed by atoms with Crippen LogP contribution in [0.3, 0.4) is 0 Å². The second-order valence-corrected chi connectivity index (χ2v) is 9.63. The maximum absolute atomic E-state index is 12.7. The molecule has 6 nitrogen and oxygen atoms in total. The van der Waals surface area contributed by atoms with E-state index in [1.54, 1.807) is 48.2 Å². The number of nitrogens with one attached hydrogen (secondary N) is 1. The van der Waals surface area contributed by atoms with Crippen LogP contribution in [0.15, 0.2) is 47.4 Å². The van der Waals surface area contributed by atoms with Crippen molar-refractivity contribution in [1.82, 2.24) is 0 Å². The zero-order valence-electron chi connectivity index (χ0n) is 16.3. The van der Waals surface area contributed by atoms with Crippen LogP contribution in [0.1, 0.15) is 32.3 Å². The van der Waals surface area contributed by atoms with Crippen LogP contribution in [0.5, 0.6) is 0 Å². The first kappa shape index (κ1) is 21.3. The Hall–Kier alpha value is -2.38. The molecule has 0 spiro atoms. The van der Waals surface area contributed by atoms with Crippen molar-refractivity contribution in [1.29, 1.82) is 0 Å². The summed E-state index contributed by atoms with van der Waals surface area (Å²) in [6, 6.07) is 11.5. The second kappa shape index (κ2) is 8.55. The molecular formula is C21H23ClN2O4S. The Bertz CT molecular complexity index is 1050. The van der Waals surface area contributed by atoms with Crippen molar-refractivity contribution in [2.24, 2.45) is 0 Å². The van der Waals surface area contributed by atoms with Crippen molar-refractivity contribution < 1.29 is 18.0 Å². The summed E-state index contributed by atoms with van der Waals surface area (Å²) in [4.78, 5) is 26.2. The van der Waals surface area contributed by atoms with Gasteiger partial charge in [0.05, 0.1) is 10.6 Å². The molecule has 29 heavy (non-hydrogen) atoms. The highest BCUT2D eigenvalue weighted by Gasteiger charge is 2.31. The van der Waals surface area contributed by atoms with Gasteiger partial charge in [0, 0.05) is 35.3 Å². The van der Waals surface area contributed by atoms with Gasteiger partial charge in [-0.05, 0) is 55.3 Å². The summed E-state index contributed by atoms with van der Waals surface area (Å²) in [5, 5.41) is 3.13. The zero-order chi connectivity index (χ0) is 21.2. The van der Waals surface area contributed by atoms with Crippen LogP contribution in [0.4, 0.5) is 11.4 Å². The Kier molecular flexibility index (Phi) is 6.29.